The highest BCUT2D eigenvalue weighted by Gasteiger charge is 2.24. The zero-order valence-electron chi connectivity index (χ0n) is 6.41. The fourth-order valence-electron chi connectivity index (χ4n) is 1.17. The van der Waals surface area contributed by atoms with Crippen LogP contribution in [-0.4, -0.2) is 24.0 Å². The zero-order valence-corrected chi connectivity index (χ0v) is 7.23. The van der Waals surface area contributed by atoms with Gasteiger partial charge in [-0.05, 0) is 0 Å². The van der Waals surface area contributed by atoms with Crippen LogP contribution < -0.4 is 10.6 Å². The minimum absolute atomic E-state index is 0.0243. The van der Waals surface area contributed by atoms with Crippen LogP contribution in [0.2, 0.25) is 0 Å². The van der Waals surface area contributed by atoms with E-state index in [0.717, 1.165) is 11.6 Å². The minimum Gasteiger partial charge on any atom is -0.353 e. The summed E-state index contributed by atoms with van der Waals surface area (Å²) in [5.74, 6) is 0.0243. The van der Waals surface area contributed by atoms with Crippen molar-refractivity contribution in [3.63, 3.8) is 0 Å². The van der Waals surface area contributed by atoms with Gasteiger partial charge in [0.1, 0.15) is 11.0 Å². The number of carbonyl (C=O) groups is 1. The van der Waals surface area contributed by atoms with E-state index in [1.165, 1.54) is 11.3 Å². The van der Waals surface area contributed by atoms with Crippen LogP contribution in [0.15, 0.2) is 11.6 Å². The third-order valence-electron chi connectivity index (χ3n) is 1.73. The van der Waals surface area contributed by atoms with E-state index in [9.17, 15) is 4.79 Å². The Hall–Kier alpha value is -0.940. The van der Waals surface area contributed by atoms with Gasteiger partial charge in [0.15, 0.2) is 0 Å². The lowest BCUT2D eigenvalue weighted by Gasteiger charge is -2.21. The summed E-state index contributed by atoms with van der Waals surface area (Å²) in [6.07, 6.45) is 1.71. The Morgan fingerprint density at radius 3 is 3.17 bits per heavy atom. The first-order chi connectivity index (χ1) is 5.88. The van der Waals surface area contributed by atoms with Crippen molar-refractivity contribution >= 4 is 17.2 Å². The molecule has 0 spiro atoms. The van der Waals surface area contributed by atoms with E-state index in [0.29, 0.717) is 6.54 Å². The minimum atomic E-state index is -0.237. The number of nitrogens with one attached hydrogen (secondary N) is 2. The molecule has 0 aliphatic carbocycles. The third kappa shape index (κ3) is 1.33. The van der Waals surface area contributed by atoms with E-state index in [2.05, 4.69) is 15.6 Å². The van der Waals surface area contributed by atoms with Gasteiger partial charge in [0.2, 0.25) is 5.91 Å². The van der Waals surface area contributed by atoms with Crippen LogP contribution in [0.5, 0.6) is 0 Å². The standard InChI is InChI=1S/C7H9N3OS/c11-6-5(8-1-2-9-6)7-10-3-4-12-7/h3-5,8H,1-2H2,(H,9,11). The Balaban J connectivity index is 2.17. The molecule has 0 aromatic carbocycles. The van der Waals surface area contributed by atoms with Crippen molar-refractivity contribution in [3.05, 3.63) is 16.6 Å². The molecule has 2 N–H and O–H groups in total. The topological polar surface area (TPSA) is 54.0 Å². The molecule has 1 aliphatic rings. The average Bonchev–Trinajstić information content (AvgIpc) is 2.57. The van der Waals surface area contributed by atoms with Crippen LogP contribution in [0.4, 0.5) is 0 Å². The Morgan fingerprint density at radius 2 is 2.50 bits per heavy atom. The fraction of sp³-hybridized carbons (Fsp3) is 0.429. The first-order valence-corrected chi connectivity index (χ1v) is 4.66. The zero-order chi connectivity index (χ0) is 8.39. The molecule has 5 heteroatoms. The maximum atomic E-state index is 11.3. The highest BCUT2D eigenvalue weighted by molar-refractivity contribution is 7.09. The second-order valence-corrected chi connectivity index (χ2v) is 3.47. The summed E-state index contributed by atoms with van der Waals surface area (Å²) in [6, 6.07) is -0.237. The molecule has 12 heavy (non-hydrogen) atoms. The summed E-state index contributed by atoms with van der Waals surface area (Å²) in [4.78, 5) is 15.4. The number of rotatable bonds is 1. The average molecular weight is 183 g/mol. The molecule has 0 bridgehead atoms. The molecule has 0 radical (unpaired) electrons. The molecule has 1 atom stereocenters. The summed E-state index contributed by atoms with van der Waals surface area (Å²) in [7, 11) is 0. The second kappa shape index (κ2) is 3.20. The Kier molecular flexibility index (Phi) is 2.05. The summed E-state index contributed by atoms with van der Waals surface area (Å²) in [5.41, 5.74) is 0. The lowest BCUT2D eigenvalue weighted by molar-refractivity contribution is -0.124. The van der Waals surface area contributed by atoms with Crippen molar-refractivity contribution in [2.24, 2.45) is 0 Å². The summed E-state index contributed by atoms with van der Waals surface area (Å²) in [5, 5.41) is 8.61. The molecular weight excluding hydrogens is 174 g/mol. The van der Waals surface area contributed by atoms with E-state index >= 15 is 0 Å². The van der Waals surface area contributed by atoms with Gasteiger partial charge in [0.05, 0.1) is 0 Å². The number of amides is 1. The van der Waals surface area contributed by atoms with E-state index < -0.39 is 0 Å². The number of hydrogen-bond acceptors (Lipinski definition) is 4. The van der Waals surface area contributed by atoms with E-state index in [1.807, 2.05) is 5.38 Å². The monoisotopic (exact) mass is 183 g/mol. The molecule has 2 rings (SSSR count). The summed E-state index contributed by atoms with van der Waals surface area (Å²) < 4.78 is 0. The molecule has 1 aromatic rings. The van der Waals surface area contributed by atoms with Gasteiger partial charge in [-0.25, -0.2) is 4.98 Å². The van der Waals surface area contributed by atoms with Crippen molar-refractivity contribution < 1.29 is 4.79 Å². The molecule has 2 heterocycles. The summed E-state index contributed by atoms with van der Waals surface area (Å²) >= 11 is 1.50. The quantitative estimate of drug-likeness (QED) is 0.639. The van der Waals surface area contributed by atoms with Crippen molar-refractivity contribution in [1.29, 1.82) is 0 Å². The van der Waals surface area contributed by atoms with Crippen LogP contribution in [0, 0.1) is 0 Å². The molecule has 1 unspecified atom stereocenters. The smallest absolute Gasteiger partial charge is 0.244 e. The summed E-state index contributed by atoms with van der Waals surface area (Å²) in [6.45, 7) is 1.52. The van der Waals surface area contributed by atoms with Gasteiger partial charge in [-0.15, -0.1) is 11.3 Å². The number of piperazine rings is 1. The van der Waals surface area contributed by atoms with Gasteiger partial charge in [0, 0.05) is 24.7 Å². The fourth-order valence-corrected chi connectivity index (χ4v) is 1.88. The van der Waals surface area contributed by atoms with E-state index in [-0.39, 0.29) is 11.9 Å². The largest absolute Gasteiger partial charge is 0.353 e. The SMILES string of the molecule is O=C1NCCNC1c1nccs1. The lowest BCUT2D eigenvalue weighted by Crippen LogP contribution is -2.47. The Labute approximate surface area is 74.0 Å². The van der Waals surface area contributed by atoms with Gasteiger partial charge in [0.25, 0.3) is 0 Å². The molecule has 1 fully saturated rings. The van der Waals surface area contributed by atoms with Gasteiger partial charge >= 0.3 is 0 Å². The van der Waals surface area contributed by atoms with Gasteiger partial charge in [-0.2, -0.15) is 0 Å². The molecule has 1 saturated heterocycles. The molecule has 4 nitrogen and oxygen atoms in total. The van der Waals surface area contributed by atoms with Crippen molar-refractivity contribution in [3.8, 4) is 0 Å². The number of aromatic nitrogens is 1. The third-order valence-corrected chi connectivity index (χ3v) is 2.57. The highest BCUT2D eigenvalue weighted by atomic mass is 32.1. The normalized spacial score (nSPS) is 23.7. The molecule has 0 saturated carbocycles. The van der Waals surface area contributed by atoms with Crippen molar-refractivity contribution in [1.82, 2.24) is 15.6 Å². The lowest BCUT2D eigenvalue weighted by atomic mass is 10.2. The van der Waals surface area contributed by atoms with Crippen LogP contribution in [0.25, 0.3) is 0 Å². The van der Waals surface area contributed by atoms with Crippen LogP contribution in [0.3, 0.4) is 0 Å². The first kappa shape index (κ1) is 7.70. The molecule has 1 aliphatic heterocycles. The van der Waals surface area contributed by atoms with Crippen molar-refractivity contribution in [2.75, 3.05) is 13.1 Å². The predicted molar refractivity (Wildman–Crippen MR) is 45.9 cm³/mol. The van der Waals surface area contributed by atoms with E-state index in [4.69, 9.17) is 0 Å². The first-order valence-electron chi connectivity index (χ1n) is 3.78. The number of thiazole rings is 1. The predicted octanol–water partition coefficient (Wildman–Crippen LogP) is -0.0964. The maximum Gasteiger partial charge on any atom is 0.244 e. The van der Waals surface area contributed by atoms with Gasteiger partial charge in [-0.3, -0.25) is 10.1 Å². The highest BCUT2D eigenvalue weighted by Crippen LogP contribution is 2.16. The Morgan fingerprint density at radius 1 is 1.58 bits per heavy atom. The number of carbonyl (C=O) groups excluding carboxylic acids is 1. The number of nitrogens with zero attached hydrogens (tertiary/aromatic N) is 1. The van der Waals surface area contributed by atoms with E-state index in [1.54, 1.807) is 6.20 Å². The maximum absolute atomic E-state index is 11.3. The van der Waals surface area contributed by atoms with Crippen LogP contribution in [0.1, 0.15) is 11.0 Å². The Bertz CT molecular complexity index is 272. The van der Waals surface area contributed by atoms with Crippen LogP contribution >= 0.6 is 11.3 Å². The van der Waals surface area contributed by atoms with Crippen molar-refractivity contribution in [2.45, 2.75) is 6.04 Å². The number of hydrogen-bond donors (Lipinski definition) is 2. The molecule has 1 amide bonds. The van der Waals surface area contributed by atoms with Gasteiger partial charge < -0.3 is 5.32 Å². The van der Waals surface area contributed by atoms with Crippen LogP contribution in [-0.2, 0) is 4.79 Å². The molecule has 1 aromatic heterocycles. The molecule has 64 valence electrons. The van der Waals surface area contributed by atoms with Gasteiger partial charge in [-0.1, -0.05) is 0 Å². The molecular formula is C7H9N3OS. The second-order valence-electron chi connectivity index (χ2n) is 2.55.